The van der Waals surface area contributed by atoms with Crippen molar-refractivity contribution >= 4 is 11.6 Å². The summed E-state index contributed by atoms with van der Waals surface area (Å²) in [6.45, 7) is 4.48. The molecule has 1 aliphatic heterocycles. The molecule has 0 radical (unpaired) electrons. The standard InChI is InChI=1S/C20H17ClN2O2/c1-12-3-4-16(18(21)7-12)14-8-15(10-22-9-14)17-5-6-23-20-19(17)24-11-13(2)25-20/h3-10,13H,11H2,1-2H3. The smallest absolute Gasteiger partial charge is 0.258 e. The number of nitrogens with zero attached hydrogens (tertiary/aromatic N) is 2. The largest absolute Gasteiger partial charge is 0.484 e. The Hall–Kier alpha value is -2.59. The molecule has 0 saturated heterocycles. The van der Waals surface area contributed by atoms with Crippen molar-refractivity contribution in [2.45, 2.75) is 20.0 Å². The van der Waals surface area contributed by atoms with Crippen LogP contribution in [0, 0.1) is 6.92 Å². The van der Waals surface area contributed by atoms with Gasteiger partial charge in [0.05, 0.1) is 0 Å². The summed E-state index contributed by atoms with van der Waals surface area (Å²) in [6.07, 6.45) is 5.34. The highest BCUT2D eigenvalue weighted by molar-refractivity contribution is 6.33. The third-order valence-electron chi connectivity index (χ3n) is 4.13. The monoisotopic (exact) mass is 352 g/mol. The maximum absolute atomic E-state index is 6.41. The molecule has 0 aliphatic carbocycles. The Bertz CT molecular complexity index is 943. The topological polar surface area (TPSA) is 44.2 Å². The van der Waals surface area contributed by atoms with E-state index in [1.54, 1.807) is 6.20 Å². The summed E-state index contributed by atoms with van der Waals surface area (Å²) >= 11 is 6.41. The van der Waals surface area contributed by atoms with Crippen molar-refractivity contribution in [2.24, 2.45) is 0 Å². The van der Waals surface area contributed by atoms with Crippen LogP contribution in [0.3, 0.4) is 0 Å². The van der Waals surface area contributed by atoms with Gasteiger partial charge in [-0.25, -0.2) is 4.98 Å². The molecular weight excluding hydrogens is 336 g/mol. The summed E-state index contributed by atoms with van der Waals surface area (Å²) in [5, 5.41) is 0.712. The van der Waals surface area contributed by atoms with Crippen LogP contribution < -0.4 is 9.47 Å². The van der Waals surface area contributed by atoms with Gasteiger partial charge in [0.2, 0.25) is 0 Å². The Kier molecular flexibility index (Phi) is 4.06. The molecule has 0 spiro atoms. The van der Waals surface area contributed by atoms with Crippen molar-refractivity contribution in [3.63, 3.8) is 0 Å². The van der Waals surface area contributed by atoms with Gasteiger partial charge in [0.1, 0.15) is 12.7 Å². The van der Waals surface area contributed by atoms with Gasteiger partial charge < -0.3 is 9.47 Å². The number of aromatic nitrogens is 2. The van der Waals surface area contributed by atoms with Gasteiger partial charge in [0.15, 0.2) is 5.75 Å². The Balaban J connectivity index is 1.79. The number of pyridine rings is 2. The first-order chi connectivity index (χ1) is 12.1. The third-order valence-corrected chi connectivity index (χ3v) is 4.44. The molecule has 5 heteroatoms. The lowest BCUT2D eigenvalue weighted by Gasteiger charge is -2.24. The minimum Gasteiger partial charge on any atom is -0.484 e. The van der Waals surface area contributed by atoms with E-state index in [2.05, 4.69) is 16.0 Å². The molecule has 0 N–H and O–H groups in total. The summed E-state index contributed by atoms with van der Waals surface area (Å²) in [6, 6.07) is 9.98. The van der Waals surface area contributed by atoms with E-state index in [1.165, 1.54) is 0 Å². The SMILES string of the molecule is Cc1ccc(-c2cncc(-c3ccnc4c3OCC(C)O4)c2)c(Cl)c1. The number of fused-ring (bicyclic) bond motifs is 1. The van der Waals surface area contributed by atoms with Gasteiger partial charge in [0, 0.05) is 45.9 Å². The fourth-order valence-corrected chi connectivity index (χ4v) is 3.24. The van der Waals surface area contributed by atoms with Crippen LogP contribution in [-0.4, -0.2) is 22.7 Å². The first-order valence-corrected chi connectivity index (χ1v) is 8.50. The predicted octanol–water partition coefficient (Wildman–Crippen LogP) is 4.93. The van der Waals surface area contributed by atoms with Gasteiger partial charge in [-0.3, -0.25) is 4.98 Å². The molecule has 126 valence electrons. The van der Waals surface area contributed by atoms with Gasteiger partial charge in [0.25, 0.3) is 5.88 Å². The van der Waals surface area contributed by atoms with E-state index in [9.17, 15) is 0 Å². The Morgan fingerprint density at radius 1 is 1.08 bits per heavy atom. The van der Waals surface area contributed by atoms with Crippen LogP contribution in [0.2, 0.25) is 5.02 Å². The molecule has 0 saturated carbocycles. The molecule has 1 aromatic carbocycles. The quantitative estimate of drug-likeness (QED) is 0.655. The average molecular weight is 353 g/mol. The molecule has 2 aromatic heterocycles. The van der Waals surface area contributed by atoms with E-state index in [0.29, 0.717) is 23.3 Å². The van der Waals surface area contributed by atoms with Crippen molar-refractivity contribution in [2.75, 3.05) is 6.61 Å². The Labute approximate surface area is 151 Å². The fraction of sp³-hybridized carbons (Fsp3) is 0.200. The van der Waals surface area contributed by atoms with Crippen LogP contribution in [0.1, 0.15) is 12.5 Å². The molecule has 1 aliphatic rings. The van der Waals surface area contributed by atoms with Crippen molar-refractivity contribution in [3.05, 3.63) is 59.5 Å². The van der Waals surface area contributed by atoms with Crippen LogP contribution in [0.4, 0.5) is 0 Å². The number of rotatable bonds is 2. The van der Waals surface area contributed by atoms with E-state index in [0.717, 1.165) is 27.8 Å². The second-order valence-electron chi connectivity index (χ2n) is 6.18. The molecule has 25 heavy (non-hydrogen) atoms. The summed E-state index contributed by atoms with van der Waals surface area (Å²) in [4.78, 5) is 8.66. The highest BCUT2D eigenvalue weighted by Crippen LogP contribution is 2.40. The lowest BCUT2D eigenvalue weighted by molar-refractivity contribution is 0.0984. The summed E-state index contributed by atoms with van der Waals surface area (Å²) in [5.41, 5.74) is 4.88. The number of aryl methyl sites for hydroxylation is 1. The zero-order valence-electron chi connectivity index (χ0n) is 14.0. The number of ether oxygens (including phenoxy) is 2. The van der Waals surface area contributed by atoms with Crippen LogP contribution in [0.25, 0.3) is 22.3 Å². The summed E-state index contributed by atoms with van der Waals surface area (Å²) in [7, 11) is 0. The second-order valence-corrected chi connectivity index (χ2v) is 6.59. The molecule has 4 nitrogen and oxygen atoms in total. The van der Waals surface area contributed by atoms with E-state index in [1.807, 2.05) is 50.5 Å². The van der Waals surface area contributed by atoms with Crippen LogP contribution >= 0.6 is 11.6 Å². The lowest BCUT2D eigenvalue weighted by atomic mass is 10.0. The van der Waals surface area contributed by atoms with Gasteiger partial charge in [-0.05, 0) is 37.6 Å². The van der Waals surface area contributed by atoms with Gasteiger partial charge >= 0.3 is 0 Å². The normalized spacial score (nSPS) is 15.9. The number of hydrogen-bond acceptors (Lipinski definition) is 4. The van der Waals surface area contributed by atoms with E-state index >= 15 is 0 Å². The molecule has 1 unspecified atom stereocenters. The van der Waals surface area contributed by atoms with Gasteiger partial charge in [-0.2, -0.15) is 0 Å². The third kappa shape index (κ3) is 3.05. The van der Waals surface area contributed by atoms with E-state index in [4.69, 9.17) is 21.1 Å². The maximum Gasteiger partial charge on any atom is 0.258 e. The predicted molar refractivity (Wildman–Crippen MR) is 98.2 cm³/mol. The first-order valence-electron chi connectivity index (χ1n) is 8.12. The van der Waals surface area contributed by atoms with Crippen molar-refractivity contribution in [1.82, 2.24) is 9.97 Å². The molecule has 0 amide bonds. The molecule has 0 fully saturated rings. The Morgan fingerprint density at radius 2 is 1.88 bits per heavy atom. The van der Waals surface area contributed by atoms with E-state index < -0.39 is 0 Å². The minimum atomic E-state index is -0.00826. The molecular formula is C20H17ClN2O2. The van der Waals surface area contributed by atoms with Crippen LogP contribution in [0.5, 0.6) is 11.6 Å². The fourth-order valence-electron chi connectivity index (χ4n) is 2.89. The summed E-state index contributed by atoms with van der Waals surface area (Å²) < 4.78 is 11.6. The van der Waals surface area contributed by atoms with Crippen molar-refractivity contribution < 1.29 is 9.47 Å². The van der Waals surface area contributed by atoms with Gasteiger partial charge in [-0.15, -0.1) is 0 Å². The van der Waals surface area contributed by atoms with E-state index in [-0.39, 0.29) is 6.10 Å². The first kappa shape index (κ1) is 15.9. The molecule has 4 rings (SSSR count). The lowest BCUT2D eigenvalue weighted by Crippen LogP contribution is -2.26. The highest BCUT2D eigenvalue weighted by Gasteiger charge is 2.22. The molecule has 0 bridgehead atoms. The zero-order valence-corrected chi connectivity index (χ0v) is 14.7. The maximum atomic E-state index is 6.41. The highest BCUT2D eigenvalue weighted by atomic mass is 35.5. The number of halogens is 1. The van der Waals surface area contributed by atoms with Crippen LogP contribution in [-0.2, 0) is 0 Å². The Morgan fingerprint density at radius 3 is 2.68 bits per heavy atom. The summed E-state index contributed by atoms with van der Waals surface area (Å²) in [5.74, 6) is 1.18. The van der Waals surface area contributed by atoms with Crippen molar-refractivity contribution in [3.8, 4) is 33.9 Å². The van der Waals surface area contributed by atoms with Crippen LogP contribution in [0.15, 0.2) is 48.9 Å². The molecule has 3 heterocycles. The number of hydrogen-bond donors (Lipinski definition) is 0. The molecule has 1 atom stereocenters. The zero-order chi connectivity index (χ0) is 17.4. The average Bonchev–Trinajstić information content (AvgIpc) is 2.61. The number of benzene rings is 1. The minimum absolute atomic E-state index is 0.00826. The second kappa shape index (κ2) is 6.37. The molecule has 3 aromatic rings. The van der Waals surface area contributed by atoms with Gasteiger partial charge in [-0.1, -0.05) is 23.7 Å². The van der Waals surface area contributed by atoms with Crippen molar-refractivity contribution in [1.29, 1.82) is 0 Å².